The van der Waals surface area contributed by atoms with Crippen LogP contribution in [0.4, 0.5) is 5.69 Å². The number of benzene rings is 1. The fraction of sp³-hybridized carbons (Fsp3) is 0.389. The van der Waals surface area contributed by atoms with E-state index in [0.29, 0.717) is 18.7 Å². The van der Waals surface area contributed by atoms with Gasteiger partial charge in [-0.15, -0.1) is 23.7 Å². The summed E-state index contributed by atoms with van der Waals surface area (Å²) in [5.41, 5.74) is 1.35. The minimum atomic E-state index is -3.55. The fourth-order valence-corrected chi connectivity index (χ4v) is 5.05. The molecular weight excluding hydrogens is 406 g/mol. The number of sulfonamides is 1. The van der Waals surface area contributed by atoms with Gasteiger partial charge in [-0.05, 0) is 43.0 Å². The molecule has 0 radical (unpaired) electrons. The van der Waals surface area contributed by atoms with Crippen LogP contribution in [-0.2, 0) is 21.2 Å². The van der Waals surface area contributed by atoms with Crippen molar-refractivity contribution < 1.29 is 13.2 Å². The lowest BCUT2D eigenvalue weighted by Crippen LogP contribution is -2.57. The van der Waals surface area contributed by atoms with Gasteiger partial charge in [0.25, 0.3) is 10.0 Å². The Morgan fingerprint density at radius 3 is 2.59 bits per heavy atom. The third-order valence-electron chi connectivity index (χ3n) is 4.68. The molecule has 3 rings (SSSR count). The third-order valence-corrected chi connectivity index (χ3v) is 7.45. The Morgan fingerprint density at radius 1 is 1.26 bits per heavy atom. The van der Waals surface area contributed by atoms with Crippen LogP contribution >= 0.6 is 23.7 Å². The molecule has 0 saturated carbocycles. The van der Waals surface area contributed by atoms with E-state index < -0.39 is 10.0 Å². The second-order valence-corrected chi connectivity index (χ2v) is 9.34. The lowest BCUT2D eigenvalue weighted by molar-refractivity contribution is -0.134. The van der Waals surface area contributed by atoms with Gasteiger partial charge in [0.1, 0.15) is 4.21 Å². The number of nitrogens with one attached hydrogen (secondary N) is 2. The van der Waals surface area contributed by atoms with Crippen LogP contribution in [0.1, 0.15) is 19.4 Å². The molecule has 1 aliphatic heterocycles. The zero-order valence-electron chi connectivity index (χ0n) is 15.2. The predicted molar refractivity (Wildman–Crippen MR) is 111 cm³/mol. The average Bonchev–Trinajstić information content (AvgIpc) is 3.14. The van der Waals surface area contributed by atoms with Crippen molar-refractivity contribution in [1.29, 1.82) is 0 Å². The topological polar surface area (TPSA) is 78.5 Å². The number of amides is 1. The lowest BCUT2D eigenvalue weighted by Gasteiger charge is -2.38. The molecule has 9 heteroatoms. The van der Waals surface area contributed by atoms with E-state index in [-0.39, 0.29) is 34.6 Å². The number of thiophene rings is 1. The highest BCUT2D eigenvalue weighted by atomic mass is 35.5. The van der Waals surface area contributed by atoms with Gasteiger partial charge in [-0.2, -0.15) is 0 Å². The van der Waals surface area contributed by atoms with Gasteiger partial charge in [0.05, 0.1) is 6.42 Å². The van der Waals surface area contributed by atoms with Crippen LogP contribution in [0.3, 0.4) is 0 Å². The van der Waals surface area contributed by atoms with E-state index in [4.69, 9.17) is 0 Å². The first-order chi connectivity index (χ1) is 12.4. The Kier molecular flexibility index (Phi) is 7.27. The van der Waals surface area contributed by atoms with E-state index in [1.165, 1.54) is 11.3 Å². The molecule has 27 heavy (non-hydrogen) atoms. The van der Waals surface area contributed by atoms with Crippen LogP contribution in [0.5, 0.6) is 0 Å². The molecule has 1 amide bonds. The van der Waals surface area contributed by atoms with Crippen LogP contribution in [0, 0.1) is 0 Å². The summed E-state index contributed by atoms with van der Waals surface area (Å²) < 4.78 is 27.3. The fourth-order valence-electron chi connectivity index (χ4n) is 3.00. The molecule has 1 aromatic carbocycles. The molecule has 1 fully saturated rings. The first kappa shape index (κ1) is 21.7. The Bertz CT molecular complexity index is 854. The number of anilines is 1. The summed E-state index contributed by atoms with van der Waals surface area (Å²) in [5, 5.41) is 5.09. The summed E-state index contributed by atoms with van der Waals surface area (Å²) in [6.07, 6.45) is 0.314. The predicted octanol–water partition coefficient (Wildman–Crippen LogP) is 2.72. The maximum atomic E-state index is 12.6. The summed E-state index contributed by atoms with van der Waals surface area (Å²) in [6.45, 7) is 5.65. The lowest BCUT2D eigenvalue weighted by atomic mass is 10.0. The van der Waals surface area contributed by atoms with Gasteiger partial charge in [-0.1, -0.05) is 18.2 Å². The van der Waals surface area contributed by atoms with Gasteiger partial charge in [-0.25, -0.2) is 8.42 Å². The molecular formula is C18H24ClN3O3S2. The largest absolute Gasteiger partial charge is 0.337 e. The number of halogens is 1. The highest BCUT2D eigenvalue weighted by Gasteiger charge is 2.27. The minimum Gasteiger partial charge on any atom is -0.337 e. The number of hydrogen-bond acceptors (Lipinski definition) is 5. The summed E-state index contributed by atoms with van der Waals surface area (Å²) in [5.74, 6) is 0.0952. The van der Waals surface area contributed by atoms with Crippen molar-refractivity contribution in [2.75, 3.05) is 17.8 Å². The van der Waals surface area contributed by atoms with Crippen LogP contribution in [0.15, 0.2) is 46.0 Å². The van der Waals surface area contributed by atoms with Crippen molar-refractivity contribution in [1.82, 2.24) is 10.2 Å². The first-order valence-corrected chi connectivity index (χ1v) is 10.9. The second-order valence-electron chi connectivity index (χ2n) is 6.48. The molecule has 148 valence electrons. The number of nitrogens with zero attached hydrogens (tertiary/aromatic N) is 1. The van der Waals surface area contributed by atoms with Crippen molar-refractivity contribution in [3.8, 4) is 0 Å². The smallest absolute Gasteiger partial charge is 0.271 e. The van der Waals surface area contributed by atoms with Gasteiger partial charge >= 0.3 is 0 Å². The summed E-state index contributed by atoms with van der Waals surface area (Å²) >= 11 is 1.17. The third kappa shape index (κ3) is 5.22. The van der Waals surface area contributed by atoms with Gasteiger partial charge < -0.3 is 10.2 Å². The normalized spacial score (nSPS) is 20.0. The van der Waals surface area contributed by atoms with Crippen LogP contribution in [-0.4, -0.2) is 44.4 Å². The zero-order valence-corrected chi connectivity index (χ0v) is 17.7. The Morgan fingerprint density at radius 2 is 1.96 bits per heavy atom. The highest BCUT2D eigenvalue weighted by molar-refractivity contribution is 7.94. The molecule has 1 aromatic heterocycles. The SMILES string of the molecule is CC1NCCN(C(=O)Cc2ccc(NS(=O)(=O)c3cccs3)cc2)C1C.Cl. The number of piperazine rings is 1. The number of rotatable bonds is 5. The maximum Gasteiger partial charge on any atom is 0.271 e. The Hall–Kier alpha value is -1.61. The van der Waals surface area contributed by atoms with Crippen molar-refractivity contribution in [2.24, 2.45) is 0 Å². The Balaban J connectivity index is 0.00000261. The highest BCUT2D eigenvalue weighted by Crippen LogP contribution is 2.21. The van der Waals surface area contributed by atoms with Gasteiger partial charge in [0.2, 0.25) is 5.91 Å². The molecule has 1 saturated heterocycles. The van der Waals surface area contributed by atoms with Gasteiger partial charge in [0, 0.05) is 30.9 Å². The molecule has 6 nitrogen and oxygen atoms in total. The molecule has 1 aliphatic rings. The molecule has 0 bridgehead atoms. The monoisotopic (exact) mass is 429 g/mol. The standard InChI is InChI=1S/C18H23N3O3S2.ClH/c1-13-14(2)21(10-9-19-13)17(22)12-15-5-7-16(8-6-15)20-26(23,24)18-4-3-11-25-18;/h3-8,11,13-14,19-20H,9-10,12H2,1-2H3;1H. The summed E-state index contributed by atoms with van der Waals surface area (Å²) in [7, 11) is -3.55. The quantitative estimate of drug-likeness (QED) is 0.765. The summed E-state index contributed by atoms with van der Waals surface area (Å²) in [4.78, 5) is 14.5. The van der Waals surface area contributed by atoms with E-state index in [1.807, 2.05) is 4.90 Å². The van der Waals surface area contributed by atoms with E-state index in [9.17, 15) is 13.2 Å². The molecule has 0 spiro atoms. The molecule has 2 aromatic rings. The molecule has 0 aliphatic carbocycles. The van der Waals surface area contributed by atoms with Crippen LogP contribution in [0.25, 0.3) is 0 Å². The van der Waals surface area contributed by atoms with E-state index in [1.54, 1.807) is 41.8 Å². The molecule has 2 unspecified atom stereocenters. The molecule has 2 heterocycles. The van der Waals surface area contributed by atoms with E-state index >= 15 is 0 Å². The number of carbonyl (C=O) groups excluding carboxylic acids is 1. The van der Waals surface area contributed by atoms with Crippen LogP contribution in [0.2, 0.25) is 0 Å². The van der Waals surface area contributed by atoms with E-state index in [0.717, 1.165) is 12.1 Å². The Labute approximate surface area is 170 Å². The van der Waals surface area contributed by atoms with Crippen molar-refractivity contribution >= 4 is 45.4 Å². The zero-order chi connectivity index (χ0) is 18.7. The van der Waals surface area contributed by atoms with Crippen molar-refractivity contribution in [3.63, 3.8) is 0 Å². The second kappa shape index (κ2) is 9.05. The van der Waals surface area contributed by atoms with E-state index in [2.05, 4.69) is 23.9 Å². The van der Waals surface area contributed by atoms with Gasteiger partial charge in [0.15, 0.2) is 0 Å². The van der Waals surface area contributed by atoms with Crippen molar-refractivity contribution in [2.45, 2.75) is 36.6 Å². The minimum absolute atomic E-state index is 0. The maximum absolute atomic E-state index is 12.6. The van der Waals surface area contributed by atoms with Crippen LogP contribution < -0.4 is 10.0 Å². The number of hydrogen-bond donors (Lipinski definition) is 2. The molecule has 2 N–H and O–H groups in total. The summed E-state index contributed by atoms with van der Waals surface area (Å²) in [6, 6.07) is 10.7. The van der Waals surface area contributed by atoms with Crippen molar-refractivity contribution in [3.05, 3.63) is 47.3 Å². The first-order valence-electron chi connectivity index (χ1n) is 8.55. The average molecular weight is 430 g/mol. The molecule has 2 atom stereocenters. The number of carbonyl (C=O) groups is 1. The van der Waals surface area contributed by atoms with Gasteiger partial charge in [-0.3, -0.25) is 9.52 Å².